The first-order valence-corrected chi connectivity index (χ1v) is 5.02. The summed E-state index contributed by atoms with van der Waals surface area (Å²) in [7, 11) is 0. The molecule has 0 spiro atoms. The second-order valence-electron chi connectivity index (χ2n) is 5.92. The van der Waals surface area contributed by atoms with E-state index in [2.05, 4.69) is 46.9 Å². The monoisotopic (exact) mass is 169 g/mol. The van der Waals surface area contributed by atoms with Crippen LogP contribution < -0.4 is 5.32 Å². The molecule has 1 unspecified atom stereocenters. The molecule has 0 aromatic carbocycles. The molecule has 0 radical (unpaired) electrons. The van der Waals surface area contributed by atoms with Crippen LogP contribution in [0.2, 0.25) is 0 Å². The smallest absolute Gasteiger partial charge is 0.0147 e. The SMILES string of the molecule is CC(C)C1NC(C)(C)CC1(C)C. The second-order valence-corrected chi connectivity index (χ2v) is 5.92. The Morgan fingerprint density at radius 3 is 1.83 bits per heavy atom. The van der Waals surface area contributed by atoms with Gasteiger partial charge in [-0.3, -0.25) is 0 Å². The Hall–Kier alpha value is -0.0400. The van der Waals surface area contributed by atoms with Crippen LogP contribution in [0, 0.1) is 11.3 Å². The topological polar surface area (TPSA) is 12.0 Å². The Labute approximate surface area is 76.9 Å². The average molecular weight is 169 g/mol. The molecule has 1 aliphatic heterocycles. The van der Waals surface area contributed by atoms with E-state index < -0.39 is 0 Å². The number of hydrogen-bond acceptors (Lipinski definition) is 1. The fourth-order valence-corrected chi connectivity index (χ4v) is 2.99. The third-order valence-corrected chi connectivity index (χ3v) is 2.95. The van der Waals surface area contributed by atoms with Crippen molar-refractivity contribution in [3.63, 3.8) is 0 Å². The van der Waals surface area contributed by atoms with Gasteiger partial charge < -0.3 is 5.32 Å². The third kappa shape index (κ3) is 1.82. The third-order valence-electron chi connectivity index (χ3n) is 2.95. The highest BCUT2D eigenvalue weighted by Crippen LogP contribution is 2.41. The molecule has 1 fully saturated rings. The molecule has 1 aliphatic rings. The van der Waals surface area contributed by atoms with Crippen LogP contribution in [-0.2, 0) is 0 Å². The number of nitrogens with one attached hydrogen (secondary N) is 1. The molecule has 72 valence electrons. The van der Waals surface area contributed by atoms with Crippen LogP contribution in [0.15, 0.2) is 0 Å². The van der Waals surface area contributed by atoms with Crippen LogP contribution in [0.3, 0.4) is 0 Å². The first-order chi connectivity index (χ1) is 5.25. The molecule has 1 saturated heterocycles. The molecular formula is C11H23N. The summed E-state index contributed by atoms with van der Waals surface area (Å²) in [5, 5.41) is 3.72. The maximum atomic E-state index is 3.72. The predicted molar refractivity (Wildman–Crippen MR) is 54.2 cm³/mol. The van der Waals surface area contributed by atoms with Crippen molar-refractivity contribution >= 4 is 0 Å². The normalized spacial score (nSPS) is 32.8. The van der Waals surface area contributed by atoms with Crippen molar-refractivity contribution in [3.05, 3.63) is 0 Å². The van der Waals surface area contributed by atoms with E-state index in [1.807, 2.05) is 0 Å². The zero-order valence-corrected chi connectivity index (χ0v) is 9.36. The van der Waals surface area contributed by atoms with Gasteiger partial charge in [0, 0.05) is 11.6 Å². The summed E-state index contributed by atoms with van der Waals surface area (Å²) in [5.41, 5.74) is 0.788. The van der Waals surface area contributed by atoms with E-state index in [1.165, 1.54) is 6.42 Å². The minimum Gasteiger partial charge on any atom is -0.308 e. The van der Waals surface area contributed by atoms with Crippen LogP contribution in [-0.4, -0.2) is 11.6 Å². The van der Waals surface area contributed by atoms with Gasteiger partial charge >= 0.3 is 0 Å². The van der Waals surface area contributed by atoms with Crippen molar-refractivity contribution < 1.29 is 0 Å². The highest BCUT2D eigenvalue weighted by molar-refractivity contribution is 5.02. The lowest BCUT2D eigenvalue weighted by Crippen LogP contribution is -2.42. The molecule has 1 nitrogen and oxygen atoms in total. The summed E-state index contributed by atoms with van der Waals surface area (Å²) in [6.45, 7) is 14.0. The molecular weight excluding hydrogens is 146 g/mol. The zero-order valence-electron chi connectivity index (χ0n) is 9.36. The molecule has 0 aromatic rings. The standard InChI is InChI=1S/C11H23N/c1-8(2)9-10(3,4)7-11(5,6)12-9/h8-9,12H,7H2,1-6H3. The second kappa shape index (κ2) is 2.73. The fourth-order valence-electron chi connectivity index (χ4n) is 2.99. The predicted octanol–water partition coefficient (Wildman–Crippen LogP) is 2.81. The van der Waals surface area contributed by atoms with Crippen LogP contribution in [0.25, 0.3) is 0 Å². The molecule has 0 amide bonds. The first kappa shape index (κ1) is 10.0. The van der Waals surface area contributed by atoms with E-state index in [1.54, 1.807) is 0 Å². The molecule has 1 N–H and O–H groups in total. The average Bonchev–Trinajstić information content (AvgIpc) is 1.99. The zero-order chi connectivity index (χ0) is 9.57. The molecule has 0 saturated carbocycles. The van der Waals surface area contributed by atoms with Crippen molar-refractivity contribution in [2.75, 3.05) is 0 Å². The van der Waals surface area contributed by atoms with Gasteiger partial charge in [0.15, 0.2) is 0 Å². The summed E-state index contributed by atoms with van der Waals surface area (Å²) in [5.74, 6) is 0.738. The fraction of sp³-hybridized carbons (Fsp3) is 1.00. The Morgan fingerprint density at radius 1 is 1.17 bits per heavy atom. The molecule has 1 heteroatoms. The maximum absolute atomic E-state index is 3.72. The van der Waals surface area contributed by atoms with Crippen molar-refractivity contribution in [1.82, 2.24) is 5.32 Å². The van der Waals surface area contributed by atoms with E-state index in [4.69, 9.17) is 0 Å². The van der Waals surface area contributed by atoms with Gasteiger partial charge in [0.1, 0.15) is 0 Å². The molecule has 1 heterocycles. The Kier molecular flexibility index (Phi) is 2.28. The maximum Gasteiger partial charge on any atom is 0.0147 e. The van der Waals surface area contributed by atoms with Crippen LogP contribution in [0.5, 0.6) is 0 Å². The van der Waals surface area contributed by atoms with Gasteiger partial charge in [-0.25, -0.2) is 0 Å². The van der Waals surface area contributed by atoms with Gasteiger partial charge in [0.2, 0.25) is 0 Å². The first-order valence-electron chi connectivity index (χ1n) is 5.02. The van der Waals surface area contributed by atoms with Crippen molar-refractivity contribution in [3.8, 4) is 0 Å². The largest absolute Gasteiger partial charge is 0.308 e. The van der Waals surface area contributed by atoms with Crippen molar-refractivity contribution in [2.24, 2.45) is 11.3 Å². The van der Waals surface area contributed by atoms with Crippen LogP contribution >= 0.6 is 0 Å². The van der Waals surface area contributed by atoms with Crippen LogP contribution in [0.1, 0.15) is 48.0 Å². The van der Waals surface area contributed by atoms with E-state index in [9.17, 15) is 0 Å². The van der Waals surface area contributed by atoms with Gasteiger partial charge in [0.25, 0.3) is 0 Å². The van der Waals surface area contributed by atoms with Crippen LogP contribution in [0.4, 0.5) is 0 Å². The summed E-state index contributed by atoms with van der Waals surface area (Å²) in [4.78, 5) is 0. The van der Waals surface area contributed by atoms with Gasteiger partial charge in [0.05, 0.1) is 0 Å². The molecule has 12 heavy (non-hydrogen) atoms. The lowest BCUT2D eigenvalue weighted by Gasteiger charge is -2.29. The van der Waals surface area contributed by atoms with E-state index in [0.29, 0.717) is 17.0 Å². The van der Waals surface area contributed by atoms with Crippen molar-refractivity contribution in [1.29, 1.82) is 0 Å². The molecule has 1 rings (SSSR count). The Morgan fingerprint density at radius 2 is 1.67 bits per heavy atom. The highest BCUT2D eigenvalue weighted by atomic mass is 15.1. The minimum absolute atomic E-state index is 0.332. The summed E-state index contributed by atoms with van der Waals surface area (Å²) in [6.07, 6.45) is 1.28. The van der Waals surface area contributed by atoms with Gasteiger partial charge in [-0.15, -0.1) is 0 Å². The Balaban J connectivity index is 2.78. The summed E-state index contributed by atoms with van der Waals surface area (Å²) >= 11 is 0. The molecule has 0 aromatic heterocycles. The van der Waals surface area contributed by atoms with E-state index in [-0.39, 0.29) is 0 Å². The quantitative estimate of drug-likeness (QED) is 0.636. The summed E-state index contributed by atoms with van der Waals surface area (Å²) in [6, 6.07) is 0.674. The number of rotatable bonds is 1. The molecule has 0 aliphatic carbocycles. The van der Waals surface area contributed by atoms with Gasteiger partial charge in [-0.2, -0.15) is 0 Å². The van der Waals surface area contributed by atoms with Gasteiger partial charge in [-0.05, 0) is 31.6 Å². The Bertz CT molecular complexity index is 168. The van der Waals surface area contributed by atoms with E-state index in [0.717, 1.165) is 5.92 Å². The van der Waals surface area contributed by atoms with Gasteiger partial charge in [-0.1, -0.05) is 27.7 Å². The minimum atomic E-state index is 0.332. The number of hydrogen-bond donors (Lipinski definition) is 1. The summed E-state index contributed by atoms with van der Waals surface area (Å²) < 4.78 is 0. The molecule has 0 bridgehead atoms. The van der Waals surface area contributed by atoms with Crippen molar-refractivity contribution in [2.45, 2.75) is 59.5 Å². The molecule has 1 atom stereocenters. The highest BCUT2D eigenvalue weighted by Gasteiger charge is 2.44. The lowest BCUT2D eigenvalue weighted by molar-refractivity contribution is 0.255. The van der Waals surface area contributed by atoms with E-state index >= 15 is 0 Å². The lowest BCUT2D eigenvalue weighted by atomic mass is 9.77.